The third-order valence-corrected chi connectivity index (χ3v) is 6.47. The largest absolute Gasteiger partial charge is 0.273 e. The van der Waals surface area contributed by atoms with Gasteiger partial charge >= 0.3 is 0 Å². The highest BCUT2D eigenvalue weighted by molar-refractivity contribution is 7.93. The van der Waals surface area contributed by atoms with Crippen molar-refractivity contribution < 1.29 is 18.1 Å². The number of hydrogen-bond acceptors (Lipinski definition) is 5. The fraction of sp³-hybridized carbons (Fsp3) is 0.136. The van der Waals surface area contributed by atoms with Gasteiger partial charge in [0.25, 0.3) is 21.6 Å². The molecule has 0 aliphatic rings. The van der Waals surface area contributed by atoms with E-state index in [4.69, 9.17) is 0 Å². The standard InChI is InChI=1S/C22H20N2O5S/c1-15-7-11-18(12-8-15)23(30(28,29)19-13-9-16(2)10-14-19)22(25)20-5-4-6-21(17(20)3)24(26)27/h4-14H,1-3H3. The Kier molecular flexibility index (Phi) is 5.71. The molecule has 3 aromatic rings. The number of hydrogen-bond donors (Lipinski definition) is 0. The lowest BCUT2D eigenvalue weighted by Gasteiger charge is -2.23. The number of nitro benzene ring substituents is 1. The fourth-order valence-corrected chi connectivity index (χ4v) is 4.43. The predicted molar refractivity (Wildman–Crippen MR) is 114 cm³/mol. The number of sulfonamides is 1. The molecule has 0 spiro atoms. The minimum atomic E-state index is -4.27. The van der Waals surface area contributed by atoms with Crippen LogP contribution in [-0.4, -0.2) is 19.2 Å². The van der Waals surface area contributed by atoms with E-state index in [1.807, 2.05) is 13.8 Å². The van der Waals surface area contributed by atoms with Gasteiger partial charge in [-0.2, -0.15) is 4.31 Å². The molecule has 30 heavy (non-hydrogen) atoms. The summed E-state index contributed by atoms with van der Waals surface area (Å²) in [5.41, 5.74) is 1.71. The van der Waals surface area contributed by atoms with Crippen LogP contribution in [0.1, 0.15) is 27.0 Å². The molecule has 0 aliphatic carbocycles. The number of nitrogens with zero attached hydrogens (tertiary/aromatic N) is 2. The predicted octanol–water partition coefficient (Wildman–Crippen LogP) is 4.56. The van der Waals surface area contributed by atoms with Crippen molar-refractivity contribution in [3.63, 3.8) is 0 Å². The van der Waals surface area contributed by atoms with Crippen LogP contribution in [0.4, 0.5) is 11.4 Å². The minimum Gasteiger partial charge on any atom is -0.268 e. The normalized spacial score (nSPS) is 11.2. The summed E-state index contributed by atoms with van der Waals surface area (Å²) in [6.07, 6.45) is 0. The molecule has 0 fully saturated rings. The van der Waals surface area contributed by atoms with Crippen molar-refractivity contribution in [2.45, 2.75) is 25.7 Å². The summed E-state index contributed by atoms with van der Waals surface area (Å²) in [6, 6.07) is 16.6. The highest BCUT2D eigenvalue weighted by atomic mass is 32.2. The van der Waals surface area contributed by atoms with Crippen LogP contribution in [0.25, 0.3) is 0 Å². The van der Waals surface area contributed by atoms with E-state index in [0.717, 1.165) is 11.1 Å². The van der Waals surface area contributed by atoms with Gasteiger partial charge in [-0.1, -0.05) is 41.5 Å². The van der Waals surface area contributed by atoms with Gasteiger partial charge in [0.1, 0.15) is 0 Å². The van der Waals surface area contributed by atoms with Crippen LogP contribution in [0.3, 0.4) is 0 Å². The zero-order valence-electron chi connectivity index (χ0n) is 16.7. The number of rotatable bonds is 5. The maximum absolute atomic E-state index is 13.4. The SMILES string of the molecule is Cc1ccc(N(C(=O)c2cccc([N+](=O)[O-])c2C)S(=O)(=O)c2ccc(C)cc2)cc1. The lowest BCUT2D eigenvalue weighted by atomic mass is 10.1. The van der Waals surface area contributed by atoms with E-state index >= 15 is 0 Å². The summed E-state index contributed by atoms with van der Waals surface area (Å²) in [5, 5.41) is 11.3. The Morgan fingerprint density at radius 3 is 1.93 bits per heavy atom. The van der Waals surface area contributed by atoms with Crippen molar-refractivity contribution in [2.75, 3.05) is 4.31 Å². The van der Waals surface area contributed by atoms with Crippen molar-refractivity contribution in [1.82, 2.24) is 0 Å². The molecule has 0 heterocycles. The van der Waals surface area contributed by atoms with Gasteiger partial charge < -0.3 is 0 Å². The average molecular weight is 424 g/mol. The second-order valence-electron chi connectivity index (χ2n) is 6.93. The van der Waals surface area contributed by atoms with Crippen LogP contribution >= 0.6 is 0 Å². The monoisotopic (exact) mass is 424 g/mol. The first-order valence-electron chi connectivity index (χ1n) is 9.10. The summed E-state index contributed by atoms with van der Waals surface area (Å²) in [5.74, 6) is -0.861. The van der Waals surface area contributed by atoms with E-state index in [1.54, 1.807) is 24.3 Å². The maximum Gasteiger partial charge on any atom is 0.273 e. The van der Waals surface area contributed by atoms with Gasteiger partial charge in [0.05, 0.1) is 21.1 Å². The van der Waals surface area contributed by atoms with Crippen LogP contribution < -0.4 is 4.31 Å². The lowest BCUT2D eigenvalue weighted by Crippen LogP contribution is -2.37. The molecule has 0 unspecified atom stereocenters. The molecule has 0 aromatic heterocycles. The van der Waals surface area contributed by atoms with Crippen LogP contribution in [0.15, 0.2) is 71.6 Å². The minimum absolute atomic E-state index is 0.0508. The topological polar surface area (TPSA) is 97.6 Å². The molecule has 0 aliphatic heterocycles. The van der Waals surface area contributed by atoms with Gasteiger partial charge in [-0.15, -0.1) is 0 Å². The Hall–Kier alpha value is -3.52. The van der Waals surface area contributed by atoms with E-state index in [0.29, 0.717) is 4.31 Å². The number of anilines is 1. The first-order chi connectivity index (χ1) is 14.1. The average Bonchev–Trinajstić information content (AvgIpc) is 2.69. The second-order valence-corrected chi connectivity index (χ2v) is 8.72. The van der Waals surface area contributed by atoms with Gasteiger partial charge in [0.15, 0.2) is 0 Å². The highest BCUT2D eigenvalue weighted by Gasteiger charge is 2.33. The van der Waals surface area contributed by atoms with Crippen molar-refractivity contribution >= 4 is 27.3 Å². The molecule has 0 atom stereocenters. The Labute approximate surface area is 174 Å². The van der Waals surface area contributed by atoms with Crippen LogP contribution in [0.5, 0.6) is 0 Å². The zero-order valence-corrected chi connectivity index (χ0v) is 17.5. The quantitative estimate of drug-likeness (QED) is 0.442. The second kappa shape index (κ2) is 8.08. The molecule has 8 heteroatoms. The molecule has 154 valence electrons. The summed E-state index contributed by atoms with van der Waals surface area (Å²) >= 11 is 0. The van der Waals surface area contributed by atoms with Crippen LogP contribution in [0, 0.1) is 30.9 Å². The highest BCUT2D eigenvalue weighted by Crippen LogP contribution is 2.29. The van der Waals surface area contributed by atoms with Crippen LogP contribution in [-0.2, 0) is 10.0 Å². The maximum atomic E-state index is 13.4. The Balaban J connectivity index is 2.22. The molecule has 0 radical (unpaired) electrons. The van der Waals surface area contributed by atoms with E-state index in [2.05, 4.69) is 0 Å². The number of aryl methyl sites for hydroxylation is 2. The van der Waals surface area contributed by atoms with Gasteiger partial charge in [-0.05, 0) is 51.1 Å². The fourth-order valence-electron chi connectivity index (χ4n) is 3.02. The Morgan fingerprint density at radius 1 is 0.867 bits per heavy atom. The van der Waals surface area contributed by atoms with Crippen molar-refractivity contribution in [3.8, 4) is 0 Å². The zero-order chi connectivity index (χ0) is 22.1. The number of amides is 1. The van der Waals surface area contributed by atoms with E-state index in [1.165, 1.54) is 49.4 Å². The molecule has 0 bridgehead atoms. The first-order valence-corrected chi connectivity index (χ1v) is 10.5. The van der Waals surface area contributed by atoms with Gasteiger partial charge in [0, 0.05) is 11.6 Å². The molecular formula is C22H20N2O5S. The number of nitro groups is 1. The number of benzene rings is 3. The Bertz CT molecular complexity index is 1220. The summed E-state index contributed by atoms with van der Waals surface area (Å²) in [7, 11) is -4.27. The van der Waals surface area contributed by atoms with Crippen molar-refractivity contribution in [2.24, 2.45) is 0 Å². The number of carbonyl (C=O) groups is 1. The molecule has 7 nitrogen and oxygen atoms in total. The van der Waals surface area contributed by atoms with Gasteiger partial charge in [-0.3, -0.25) is 14.9 Å². The molecular weight excluding hydrogens is 404 g/mol. The first kappa shape index (κ1) is 21.2. The molecule has 3 aromatic carbocycles. The van der Waals surface area contributed by atoms with Crippen LogP contribution in [0.2, 0.25) is 0 Å². The third kappa shape index (κ3) is 3.95. The smallest absolute Gasteiger partial charge is 0.268 e. The van der Waals surface area contributed by atoms with Crippen molar-refractivity contribution in [3.05, 3.63) is 99.1 Å². The Morgan fingerprint density at radius 2 is 1.40 bits per heavy atom. The molecule has 0 saturated heterocycles. The van der Waals surface area contributed by atoms with E-state index < -0.39 is 20.9 Å². The summed E-state index contributed by atoms with van der Waals surface area (Å²) in [4.78, 5) is 24.1. The van der Waals surface area contributed by atoms with Gasteiger partial charge in [0.2, 0.25) is 0 Å². The third-order valence-electron chi connectivity index (χ3n) is 4.74. The summed E-state index contributed by atoms with van der Waals surface area (Å²) < 4.78 is 27.6. The molecule has 0 saturated carbocycles. The molecule has 0 N–H and O–H groups in total. The van der Waals surface area contributed by atoms with Crippen molar-refractivity contribution in [1.29, 1.82) is 0 Å². The molecule has 3 rings (SSSR count). The lowest BCUT2D eigenvalue weighted by molar-refractivity contribution is -0.385. The summed E-state index contributed by atoms with van der Waals surface area (Å²) in [6.45, 7) is 5.10. The van der Waals surface area contributed by atoms with E-state index in [-0.39, 0.29) is 27.4 Å². The number of carbonyl (C=O) groups excluding carboxylic acids is 1. The van der Waals surface area contributed by atoms with E-state index in [9.17, 15) is 23.3 Å². The van der Waals surface area contributed by atoms with Gasteiger partial charge in [-0.25, -0.2) is 8.42 Å². The molecule has 1 amide bonds.